The summed E-state index contributed by atoms with van der Waals surface area (Å²) in [7, 11) is 1.85. The quantitative estimate of drug-likeness (QED) is 0.745. The topological polar surface area (TPSA) is 99.2 Å². The van der Waals surface area contributed by atoms with Crippen LogP contribution in [0.3, 0.4) is 0 Å². The minimum Gasteiger partial charge on any atom is -0.347 e. The average molecular weight is 292 g/mol. The van der Waals surface area contributed by atoms with Gasteiger partial charge in [-0.05, 0) is 17.7 Å². The molecular formula is C10H10ClN9. The van der Waals surface area contributed by atoms with E-state index in [-0.39, 0.29) is 5.28 Å². The van der Waals surface area contributed by atoms with E-state index >= 15 is 0 Å². The molecule has 0 bridgehead atoms. The van der Waals surface area contributed by atoms with Crippen LogP contribution in [0.1, 0.15) is 5.82 Å². The molecule has 0 unspecified atom stereocenters. The molecule has 0 atom stereocenters. The lowest BCUT2D eigenvalue weighted by Crippen LogP contribution is -2.11. The van der Waals surface area contributed by atoms with Gasteiger partial charge in [-0.3, -0.25) is 0 Å². The first-order chi connectivity index (χ1) is 9.72. The summed E-state index contributed by atoms with van der Waals surface area (Å²) in [5.41, 5.74) is 0. The fourth-order valence-corrected chi connectivity index (χ4v) is 1.69. The van der Waals surface area contributed by atoms with Gasteiger partial charge in [0.25, 0.3) is 5.95 Å². The van der Waals surface area contributed by atoms with Crippen molar-refractivity contribution in [2.45, 2.75) is 6.54 Å². The third-order valence-corrected chi connectivity index (χ3v) is 2.68. The van der Waals surface area contributed by atoms with Crippen LogP contribution in [0.25, 0.3) is 5.95 Å². The Morgan fingerprint density at radius 1 is 1.30 bits per heavy atom. The van der Waals surface area contributed by atoms with Crippen molar-refractivity contribution >= 4 is 17.5 Å². The van der Waals surface area contributed by atoms with Crippen molar-refractivity contribution in [2.24, 2.45) is 7.05 Å². The third-order valence-electron chi connectivity index (χ3n) is 2.52. The molecule has 3 aromatic heterocycles. The molecule has 0 aliphatic rings. The number of anilines is 1. The second-order valence-electron chi connectivity index (χ2n) is 3.89. The van der Waals surface area contributed by atoms with Crippen LogP contribution in [-0.2, 0) is 13.6 Å². The lowest BCUT2D eigenvalue weighted by Gasteiger charge is -2.06. The van der Waals surface area contributed by atoms with Gasteiger partial charge >= 0.3 is 0 Å². The first-order valence-electron chi connectivity index (χ1n) is 5.71. The summed E-state index contributed by atoms with van der Waals surface area (Å²) in [4.78, 5) is 12.2. The molecule has 3 rings (SSSR count). The molecule has 20 heavy (non-hydrogen) atoms. The average Bonchev–Trinajstić information content (AvgIpc) is 3.07. The molecule has 1 N–H and O–H groups in total. The smallest absolute Gasteiger partial charge is 0.256 e. The normalized spacial score (nSPS) is 10.7. The van der Waals surface area contributed by atoms with Crippen molar-refractivity contribution in [1.29, 1.82) is 0 Å². The molecule has 0 fully saturated rings. The minimum absolute atomic E-state index is 0.0889. The highest BCUT2D eigenvalue weighted by molar-refractivity contribution is 6.28. The molecule has 0 saturated carbocycles. The van der Waals surface area contributed by atoms with Crippen molar-refractivity contribution in [1.82, 2.24) is 39.5 Å². The van der Waals surface area contributed by atoms with Crippen LogP contribution in [0.5, 0.6) is 0 Å². The van der Waals surface area contributed by atoms with Crippen LogP contribution >= 0.6 is 11.6 Å². The Bertz CT molecular complexity index is 705. The molecule has 9 nitrogen and oxygen atoms in total. The summed E-state index contributed by atoms with van der Waals surface area (Å²) < 4.78 is 3.30. The second kappa shape index (κ2) is 5.21. The van der Waals surface area contributed by atoms with E-state index in [0.29, 0.717) is 18.4 Å². The minimum atomic E-state index is 0.0889. The highest BCUT2D eigenvalue weighted by atomic mass is 35.5. The Balaban J connectivity index is 1.81. The van der Waals surface area contributed by atoms with Crippen LogP contribution in [0.4, 0.5) is 5.95 Å². The number of aryl methyl sites for hydroxylation is 1. The largest absolute Gasteiger partial charge is 0.347 e. The van der Waals surface area contributed by atoms with Gasteiger partial charge in [-0.25, -0.2) is 4.68 Å². The molecule has 0 radical (unpaired) electrons. The van der Waals surface area contributed by atoms with E-state index in [0.717, 1.165) is 5.82 Å². The number of halogens is 1. The Morgan fingerprint density at radius 3 is 2.90 bits per heavy atom. The van der Waals surface area contributed by atoms with E-state index < -0.39 is 0 Å². The standard InChI is InChI=1S/C10H10ClN9/c1-19-6-13-18-7(19)5-12-9-15-8(11)16-10(17-9)20-4-2-3-14-20/h2-4,6H,5H2,1H3,(H,12,15,16,17). The van der Waals surface area contributed by atoms with Gasteiger partial charge in [-0.15, -0.1) is 10.2 Å². The molecule has 0 aromatic carbocycles. The molecule has 0 aliphatic heterocycles. The van der Waals surface area contributed by atoms with Crippen LogP contribution in [-0.4, -0.2) is 39.5 Å². The van der Waals surface area contributed by atoms with Gasteiger partial charge in [-0.2, -0.15) is 20.1 Å². The van der Waals surface area contributed by atoms with E-state index in [9.17, 15) is 0 Å². The third kappa shape index (κ3) is 2.57. The van der Waals surface area contributed by atoms with E-state index in [1.807, 2.05) is 7.05 Å². The van der Waals surface area contributed by atoms with Crippen molar-refractivity contribution in [3.63, 3.8) is 0 Å². The first kappa shape index (κ1) is 12.5. The maximum Gasteiger partial charge on any atom is 0.256 e. The van der Waals surface area contributed by atoms with Gasteiger partial charge < -0.3 is 9.88 Å². The van der Waals surface area contributed by atoms with Gasteiger partial charge in [0.2, 0.25) is 11.2 Å². The zero-order valence-electron chi connectivity index (χ0n) is 10.5. The zero-order valence-corrected chi connectivity index (χ0v) is 11.2. The molecule has 0 aliphatic carbocycles. The number of rotatable bonds is 4. The number of nitrogens with zero attached hydrogens (tertiary/aromatic N) is 8. The Kier molecular flexibility index (Phi) is 3.25. The molecule has 10 heteroatoms. The Labute approximate surface area is 118 Å². The van der Waals surface area contributed by atoms with Gasteiger partial charge in [-0.1, -0.05) is 0 Å². The lowest BCUT2D eigenvalue weighted by molar-refractivity contribution is 0.782. The number of aromatic nitrogens is 8. The fourth-order valence-electron chi connectivity index (χ4n) is 1.53. The summed E-state index contributed by atoms with van der Waals surface area (Å²) in [5, 5.41) is 14.9. The highest BCUT2D eigenvalue weighted by Gasteiger charge is 2.08. The summed E-state index contributed by atoms with van der Waals surface area (Å²) in [6.45, 7) is 0.426. The van der Waals surface area contributed by atoms with Crippen molar-refractivity contribution in [2.75, 3.05) is 5.32 Å². The summed E-state index contributed by atoms with van der Waals surface area (Å²) in [6, 6.07) is 1.77. The molecule has 3 heterocycles. The SMILES string of the molecule is Cn1cnnc1CNc1nc(Cl)nc(-n2cccn2)n1. The fraction of sp³-hybridized carbons (Fsp3) is 0.200. The lowest BCUT2D eigenvalue weighted by atomic mass is 10.6. The van der Waals surface area contributed by atoms with Crippen molar-refractivity contribution in [3.8, 4) is 5.95 Å². The Hall–Kier alpha value is -2.55. The molecule has 102 valence electrons. The molecular weight excluding hydrogens is 282 g/mol. The maximum atomic E-state index is 5.88. The number of hydrogen-bond donors (Lipinski definition) is 1. The van der Waals surface area contributed by atoms with E-state index in [1.54, 1.807) is 29.4 Å². The van der Waals surface area contributed by atoms with E-state index in [1.165, 1.54) is 4.68 Å². The van der Waals surface area contributed by atoms with Gasteiger partial charge in [0, 0.05) is 19.4 Å². The summed E-state index contributed by atoms with van der Waals surface area (Å²) >= 11 is 5.88. The van der Waals surface area contributed by atoms with Crippen LogP contribution in [0.15, 0.2) is 24.8 Å². The molecule has 0 spiro atoms. The predicted molar refractivity (Wildman–Crippen MR) is 70.3 cm³/mol. The van der Waals surface area contributed by atoms with E-state index in [4.69, 9.17) is 11.6 Å². The van der Waals surface area contributed by atoms with Crippen LogP contribution < -0.4 is 5.32 Å². The van der Waals surface area contributed by atoms with Gasteiger partial charge in [0.05, 0.1) is 6.54 Å². The molecule has 3 aromatic rings. The monoisotopic (exact) mass is 291 g/mol. The van der Waals surface area contributed by atoms with Gasteiger partial charge in [0.1, 0.15) is 6.33 Å². The second-order valence-corrected chi connectivity index (χ2v) is 4.23. The van der Waals surface area contributed by atoms with E-state index in [2.05, 4.69) is 35.6 Å². The van der Waals surface area contributed by atoms with Crippen LogP contribution in [0, 0.1) is 0 Å². The predicted octanol–water partition coefficient (Wildman–Crippen LogP) is 0.451. The Morgan fingerprint density at radius 2 is 2.20 bits per heavy atom. The van der Waals surface area contributed by atoms with Crippen molar-refractivity contribution in [3.05, 3.63) is 35.9 Å². The first-order valence-corrected chi connectivity index (χ1v) is 6.08. The zero-order chi connectivity index (χ0) is 13.9. The van der Waals surface area contributed by atoms with Crippen molar-refractivity contribution < 1.29 is 0 Å². The highest BCUT2D eigenvalue weighted by Crippen LogP contribution is 2.09. The van der Waals surface area contributed by atoms with Crippen LogP contribution in [0.2, 0.25) is 5.28 Å². The van der Waals surface area contributed by atoms with Gasteiger partial charge in [0.15, 0.2) is 5.82 Å². The molecule has 0 amide bonds. The number of hydrogen-bond acceptors (Lipinski definition) is 7. The number of nitrogens with one attached hydrogen (secondary N) is 1. The summed E-state index contributed by atoms with van der Waals surface area (Å²) in [5.74, 6) is 1.44. The molecule has 0 saturated heterocycles. The maximum absolute atomic E-state index is 5.88. The summed E-state index contributed by atoms with van der Waals surface area (Å²) in [6.07, 6.45) is 4.97.